The fraction of sp³-hybridized carbons (Fsp3) is 0.105. The van der Waals surface area contributed by atoms with Crippen molar-refractivity contribution < 1.29 is 9.72 Å². The number of amides is 1. The monoisotopic (exact) mass is 396 g/mol. The van der Waals surface area contributed by atoms with E-state index in [9.17, 15) is 19.7 Å². The molecule has 0 saturated heterocycles. The van der Waals surface area contributed by atoms with Crippen LogP contribution < -0.4 is 10.9 Å². The predicted octanol–water partition coefficient (Wildman–Crippen LogP) is 3.53. The van der Waals surface area contributed by atoms with Gasteiger partial charge in [0.1, 0.15) is 0 Å². The summed E-state index contributed by atoms with van der Waals surface area (Å²) in [5.74, 6) is 0.286. The molecule has 1 heterocycles. The number of nitro benzene ring substituents is 1. The Morgan fingerprint density at radius 3 is 2.46 bits per heavy atom. The van der Waals surface area contributed by atoms with Crippen LogP contribution in [0.1, 0.15) is 21.6 Å². The number of thioether (sulfide) groups is 1. The second kappa shape index (κ2) is 8.49. The molecule has 2 N–H and O–H groups in total. The van der Waals surface area contributed by atoms with Gasteiger partial charge in [-0.3, -0.25) is 19.7 Å². The first-order valence-corrected chi connectivity index (χ1v) is 9.25. The van der Waals surface area contributed by atoms with Gasteiger partial charge in [-0.05, 0) is 36.8 Å². The van der Waals surface area contributed by atoms with Crippen molar-refractivity contribution >= 4 is 29.0 Å². The topological polar surface area (TPSA) is 118 Å². The van der Waals surface area contributed by atoms with Crippen LogP contribution >= 0.6 is 11.8 Å². The highest BCUT2D eigenvalue weighted by molar-refractivity contribution is 7.98. The van der Waals surface area contributed by atoms with Crippen molar-refractivity contribution in [1.29, 1.82) is 0 Å². The van der Waals surface area contributed by atoms with Gasteiger partial charge in [0, 0.05) is 40.9 Å². The first-order chi connectivity index (χ1) is 13.4. The number of hydrogen-bond donors (Lipinski definition) is 2. The molecular formula is C19H16N4O4S. The number of anilines is 1. The van der Waals surface area contributed by atoms with Gasteiger partial charge >= 0.3 is 0 Å². The molecule has 0 unspecified atom stereocenters. The zero-order valence-electron chi connectivity index (χ0n) is 14.8. The van der Waals surface area contributed by atoms with E-state index in [-0.39, 0.29) is 17.2 Å². The number of non-ortho nitro benzene ring substituents is 1. The number of aromatic amines is 1. The van der Waals surface area contributed by atoms with E-state index in [0.717, 1.165) is 5.56 Å². The quantitative estimate of drug-likeness (QED) is 0.285. The Hall–Kier alpha value is -3.46. The third kappa shape index (κ3) is 5.04. The zero-order valence-corrected chi connectivity index (χ0v) is 15.7. The Kier molecular flexibility index (Phi) is 5.85. The first-order valence-electron chi connectivity index (χ1n) is 8.26. The van der Waals surface area contributed by atoms with Gasteiger partial charge in [0.25, 0.3) is 17.2 Å². The molecule has 0 bridgehead atoms. The van der Waals surface area contributed by atoms with Gasteiger partial charge in [-0.2, -0.15) is 0 Å². The summed E-state index contributed by atoms with van der Waals surface area (Å²) in [6.45, 7) is 1.76. The average molecular weight is 396 g/mol. The highest BCUT2D eigenvalue weighted by Gasteiger charge is 2.09. The molecule has 0 atom stereocenters. The lowest BCUT2D eigenvalue weighted by molar-refractivity contribution is -0.384. The van der Waals surface area contributed by atoms with Crippen LogP contribution in [0.3, 0.4) is 0 Å². The van der Waals surface area contributed by atoms with Crippen LogP contribution in [0.4, 0.5) is 11.4 Å². The number of aryl methyl sites for hydroxylation is 1. The van der Waals surface area contributed by atoms with Crippen molar-refractivity contribution in [2.45, 2.75) is 17.8 Å². The van der Waals surface area contributed by atoms with Gasteiger partial charge in [-0.15, -0.1) is 0 Å². The normalized spacial score (nSPS) is 10.5. The molecule has 0 radical (unpaired) electrons. The van der Waals surface area contributed by atoms with E-state index in [0.29, 0.717) is 27.9 Å². The summed E-state index contributed by atoms with van der Waals surface area (Å²) in [7, 11) is 0. The van der Waals surface area contributed by atoms with Gasteiger partial charge in [0.15, 0.2) is 5.16 Å². The molecule has 2 aromatic carbocycles. The van der Waals surface area contributed by atoms with E-state index in [2.05, 4.69) is 15.3 Å². The summed E-state index contributed by atoms with van der Waals surface area (Å²) >= 11 is 1.40. The molecule has 0 saturated carbocycles. The zero-order chi connectivity index (χ0) is 20.1. The smallest absolute Gasteiger partial charge is 0.269 e. The first kappa shape index (κ1) is 19.3. The molecule has 0 aliphatic heterocycles. The summed E-state index contributed by atoms with van der Waals surface area (Å²) < 4.78 is 0. The highest BCUT2D eigenvalue weighted by atomic mass is 32.2. The fourth-order valence-electron chi connectivity index (χ4n) is 2.39. The number of aromatic nitrogens is 2. The maximum absolute atomic E-state index is 12.3. The van der Waals surface area contributed by atoms with Gasteiger partial charge in [-0.1, -0.05) is 23.9 Å². The summed E-state index contributed by atoms with van der Waals surface area (Å²) in [6, 6.07) is 14.1. The molecule has 1 amide bonds. The lowest BCUT2D eigenvalue weighted by Gasteiger charge is -2.06. The molecule has 0 aliphatic carbocycles. The molecule has 0 fully saturated rings. The number of nitro groups is 1. The van der Waals surface area contributed by atoms with Crippen molar-refractivity contribution in [1.82, 2.24) is 9.97 Å². The largest absolute Gasteiger partial charge is 0.322 e. The number of hydrogen-bond acceptors (Lipinski definition) is 6. The second-order valence-electron chi connectivity index (χ2n) is 5.94. The van der Waals surface area contributed by atoms with Gasteiger partial charge < -0.3 is 10.3 Å². The molecule has 1 aromatic heterocycles. The minimum Gasteiger partial charge on any atom is -0.322 e. The van der Waals surface area contributed by atoms with Crippen molar-refractivity contribution in [3.05, 3.63) is 91.9 Å². The van der Waals surface area contributed by atoms with Crippen LogP contribution in [0.5, 0.6) is 0 Å². The SMILES string of the molecule is Cc1cc(=O)[nH]c(SCc2ccc(C(=O)Nc3ccc([N+](=O)[O-])cc3)cc2)n1. The second-order valence-corrected chi connectivity index (χ2v) is 6.90. The van der Waals surface area contributed by atoms with Crippen molar-refractivity contribution in [3.63, 3.8) is 0 Å². The Morgan fingerprint density at radius 2 is 1.86 bits per heavy atom. The molecule has 142 valence electrons. The number of nitrogens with one attached hydrogen (secondary N) is 2. The third-order valence-corrected chi connectivity index (χ3v) is 4.72. The Balaban J connectivity index is 1.60. The van der Waals surface area contributed by atoms with Crippen molar-refractivity contribution in [2.75, 3.05) is 5.32 Å². The van der Waals surface area contributed by atoms with E-state index < -0.39 is 4.92 Å². The molecule has 0 spiro atoms. The number of H-pyrrole nitrogens is 1. The van der Waals surface area contributed by atoms with E-state index in [1.807, 2.05) is 12.1 Å². The molecule has 0 aliphatic rings. The van der Waals surface area contributed by atoms with E-state index in [4.69, 9.17) is 0 Å². The lowest BCUT2D eigenvalue weighted by atomic mass is 10.1. The number of carbonyl (C=O) groups excluding carboxylic acids is 1. The molecule has 3 rings (SSSR count). The average Bonchev–Trinajstić information content (AvgIpc) is 2.66. The molecular weight excluding hydrogens is 380 g/mol. The number of benzene rings is 2. The number of carbonyl (C=O) groups is 1. The molecule has 3 aromatic rings. The van der Waals surface area contributed by atoms with Gasteiger partial charge in [0.05, 0.1) is 4.92 Å². The van der Waals surface area contributed by atoms with Gasteiger partial charge in [0.2, 0.25) is 0 Å². The summed E-state index contributed by atoms with van der Waals surface area (Å²) in [5.41, 5.74) is 2.35. The lowest BCUT2D eigenvalue weighted by Crippen LogP contribution is -2.11. The van der Waals surface area contributed by atoms with Crippen LogP contribution in [-0.2, 0) is 5.75 Å². The van der Waals surface area contributed by atoms with Crippen molar-refractivity contribution in [3.8, 4) is 0 Å². The fourth-order valence-corrected chi connectivity index (χ4v) is 3.27. The van der Waals surface area contributed by atoms with E-state index in [1.54, 1.807) is 19.1 Å². The Bertz CT molecular complexity index is 1060. The molecule has 9 heteroatoms. The maximum Gasteiger partial charge on any atom is 0.269 e. The van der Waals surface area contributed by atoms with Crippen LogP contribution in [0.15, 0.2) is 64.5 Å². The Labute approximate surface area is 164 Å². The number of nitrogens with zero attached hydrogens (tertiary/aromatic N) is 2. The number of rotatable bonds is 6. The van der Waals surface area contributed by atoms with E-state index >= 15 is 0 Å². The van der Waals surface area contributed by atoms with E-state index in [1.165, 1.54) is 42.1 Å². The van der Waals surface area contributed by atoms with Crippen LogP contribution in [0.2, 0.25) is 0 Å². The highest BCUT2D eigenvalue weighted by Crippen LogP contribution is 2.20. The summed E-state index contributed by atoms with van der Waals surface area (Å²) in [4.78, 5) is 40.9. The summed E-state index contributed by atoms with van der Waals surface area (Å²) in [6.07, 6.45) is 0. The maximum atomic E-state index is 12.3. The van der Waals surface area contributed by atoms with Crippen LogP contribution in [0.25, 0.3) is 0 Å². The standard InChI is InChI=1S/C19H16N4O4S/c1-12-10-17(24)22-19(20-12)28-11-13-2-4-14(5-3-13)18(25)21-15-6-8-16(9-7-15)23(26)27/h2-10H,11H2,1H3,(H,21,25)(H,20,22,24). The minimum absolute atomic E-state index is 0.0377. The summed E-state index contributed by atoms with van der Waals surface area (Å²) in [5, 5.41) is 13.9. The molecule has 8 nitrogen and oxygen atoms in total. The van der Waals surface area contributed by atoms with Gasteiger partial charge in [-0.25, -0.2) is 4.98 Å². The Morgan fingerprint density at radius 1 is 1.18 bits per heavy atom. The van der Waals surface area contributed by atoms with Crippen LogP contribution in [-0.4, -0.2) is 20.8 Å². The van der Waals surface area contributed by atoms with Crippen LogP contribution in [0, 0.1) is 17.0 Å². The predicted molar refractivity (Wildman–Crippen MR) is 107 cm³/mol. The minimum atomic E-state index is -0.496. The third-order valence-electron chi connectivity index (χ3n) is 3.78. The molecule has 28 heavy (non-hydrogen) atoms. The van der Waals surface area contributed by atoms with Crippen molar-refractivity contribution in [2.24, 2.45) is 0 Å².